The maximum atomic E-state index is 12.2. The number of hydrogen-bond acceptors (Lipinski definition) is 6. The maximum Gasteiger partial charge on any atom is 0.233 e. The largest absolute Gasteiger partial charge is 0.355 e. The third-order valence-electron chi connectivity index (χ3n) is 5.75. The Bertz CT molecular complexity index is 858. The van der Waals surface area contributed by atoms with Crippen molar-refractivity contribution in [1.82, 2.24) is 19.5 Å². The minimum Gasteiger partial charge on any atom is -0.355 e. The number of imidazole rings is 1. The minimum atomic E-state index is -0.136. The normalized spacial score (nSPS) is 25.2. The summed E-state index contributed by atoms with van der Waals surface area (Å²) in [6.45, 7) is 9.97. The Hall–Kier alpha value is -2.22. The summed E-state index contributed by atoms with van der Waals surface area (Å²) in [6.07, 6.45) is 6.29. The Kier molecular flexibility index (Phi) is 5.23. The molecule has 0 aromatic carbocycles. The van der Waals surface area contributed by atoms with Gasteiger partial charge in [0.05, 0.1) is 12.4 Å². The first-order valence-corrected chi connectivity index (χ1v) is 10.4. The fourth-order valence-corrected chi connectivity index (χ4v) is 4.07. The molecule has 8 nitrogen and oxygen atoms in total. The lowest BCUT2D eigenvalue weighted by Gasteiger charge is -2.20. The van der Waals surface area contributed by atoms with Gasteiger partial charge in [0, 0.05) is 24.9 Å². The van der Waals surface area contributed by atoms with Gasteiger partial charge in [-0.25, -0.2) is 4.98 Å². The highest BCUT2D eigenvalue weighted by Crippen LogP contribution is 2.38. The predicted molar refractivity (Wildman–Crippen MR) is 108 cm³/mol. The van der Waals surface area contributed by atoms with E-state index in [0.29, 0.717) is 11.9 Å². The summed E-state index contributed by atoms with van der Waals surface area (Å²) in [5, 5.41) is 2.87. The Morgan fingerprint density at radius 2 is 2.07 bits per heavy atom. The van der Waals surface area contributed by atoms with Crippen molar-refractivity contribution in [2.24, 2.45) is 11.8 Å². The second kappa shape index (κ2) is 7.66. The summed E-state index contributed by atoms with van der Waals surface area (Å²) in [6, 6.07) is 0. The van der Waals surface area contributed by atoms with E-state index in [4.69, 9.17) is 4.74 Å². The van der Waals surface area contributed by atoms with Crippen LogP contribution in [0.25, 0.3) is 11.2 Å². The van der Waals surface area contributed by atoms with Crippen LogP contribution in [0, 0.1) is 11.8 Å². The van der Waals surface area contributed by atoms with Crippen LogP contribution in [-0.4, -0.2) is 44.6 Å². The molecule has 2 aromatic rings. The van der Waals surface area contributed by atoms with E-state index in [-0.39, 0.29) is 24.2 Å². The van der Waals surface area contributed by atoms with Crippen molar-refractivity contribution in [2.45, 2.75) is 65.7 Å². The molecule has 0 spiro atoms. The van der Waals surface area contributed by atoms with Crippen molar-refractivity contribution in [3.63, 3.8) is 0 Å². The van der Waals surface area contributed by atoms with Crippen molar-refractivity contribution < 1.29 is 9.53 Å². The molecule has 152 valence electrons. The van der Waals surface area contributed by atoms with Crippen LogP contribution in [0.15, 0.2) is 6.33 Å². The van der Waals surface area contributed by atoms with Crippen LogP contribution < -0.4 is 10.2 Å². The van der Waals surface area contributed by atoms with Gasteiger partial charge in [0.2, 0.25) is 11.9 Å². The van der Waals surface area contributed by atoms with Gasteiger partial charge in [-0.1, -0.05) is 27.7 Å². The summed E-state index contributed by atoms with van der Waals surface area (Å²) < 4.78 is 8.28. The van der Waals surface area contributed by atoms with Gasteiger partial charge in [0.1, 0.15) is 6.23 Å². The highest BCUT2D eigenvalue weighted by Gasteiger charge is 2.34. The molecule has 0 radical (unpaired) electrons. The third kappa shape index (κ3) is 3.45. The lowest BCUT2D eigenvalue weighted by molar-refractivity contribution is -0.118. The van der Waals surface area contributed by atoms with Crippen molar-refractivity contribution in [2.75, 3.05) is 23.3 Å². The summed E-state index contributed by atoms with van der Waals surface area (Å²) in [5.74, 6) is 1.30. The lowest BCUT2D eigenvalue weighted by Crippen LogP contribution is -2.23. The zero-order valence-corrected chi connectivity index (χ0v) is 17.2. The number of aromatic nitrogens is 4. The molecular formula is C20H30N6O2. The molecule has 2 aliphatic rings. The number of amides is 1. The van der Waals surface area contributed by atoms with Crippen molar-refractivity contribution in [3.05, 3.63) is 6.33 Å². The molecule has 1 amide bonds. The molecule has 2 saturated heterocycles. The zero-order valence-electron chi connectivity index (χ0n) is 17.2. The van der Waals surface area contributed by atoms with Gasteiger partial charge in [0.25, 0.3) is 0 Å². The van der Waals surface area contributed by atoms with E-state index in [9.17, 15) is 4.79 Å². The lowest BCUT2D eigenvalue weighted by atomic mass is 10.0. The maximum absolute atomic E-state index is 12.2. The summed E-state index contributed by atoms with van der Waals surface area (Å²) in [5.41, 5.74) is 1.50. The van der Waals surface area contributed by atoms with Gasteiger partial charge < -0.3 is 9.64 Å². The Balaban J connectivity index is 1.77. The van der Waals surface area contributed by atoms with Gasteiger partial charge in [0.15, 0.2) is 17.0 Å². The van der Waals surface area contributed by atoms with Gasteiger partial charge in [-0.15, -0.1) is 0 Å². The molecule has 0 bridgehead atoms. The van der Waals surface area contributed by atoms with E-state index < -0.39 is 0 Å². The molecule has 28 heavy (non-hydrogen) atoms. The van der Waals surface area contributed by atoms with Crippen molar-refractivity contribution >= 4 is 28.8 Å². The molecule has 4 rings (SSSR count). The minimum absolute atomic E-state index is 0.0886. The second-order valence-electron chi connectivity index (χ2n) is 8.30. The summed E-state index contributed by atoms with van der Waals surface area (Å²) in [7, 11) is 0. The second-order valence-corrected chi connectivity index (χ2v) is 8.30. The molecule has 2 aliphatic heterocycles. The molecule has 8 heteroatoms. The van der Waals surface area contributed by atoms with Crippen LogP contribution in [0.3, 0.4) is 0 Å². The number of anilines is 2. The smallest absolute Gasteiger partial charge is 0.233 e. The number of hydrogen-bond donors (Lipinski definition) is 1. The fraction of sp³-hybridized carbons (Fsp3) is 0.700. The van der Waals surface area contributed by atoms with Crippen LogP contribution in [0.4, 0.5) is 11.8 Å². The van der Waals surface area contributed by atoms with Gasteiger partial charge in [-0.3, -0.25) is 14.7 Å². The van der Waals surface area contributed by atoms with Crippen LogP contribution in [0.2, 0.25) is 0 Å². The number of nitrogens with one attached hydrogen (secondary N) is 1. The third-order valence-corrected chi connectivity index (χ3v) is 5.75. The molecule has 4 heterocycles. The van der Waals surface area contributed by atoms with Crippen LogP contribution in [0.5, 0.6) is 0 Å². The topological polar surface area (TPSA) is 85.2 Å². The molecule has 2 fully saturated rings. The van der Waals surface area contributed by atoms with E-state index in [1.807, 2.05) is 24.7 Å². The van der Waals surface area contributed by atoms with E-state index >= 15 is 0 Å². The SMILES string of the molecule is CC[C@@H]1C[C@H](C)[C@H](n2cnc3c(N4CCCC4)nc(NC(=O)C(C)C)nc32)O1. The average Bonchev–Trinajstić information content (AvgIpc) is 3.40. The van der Waals surface area contributed by atoms with Crippen LogP contribution in [0.1, 0.15) is 59.6 Å². The van der Waals surface area contributed by atoms with E-state index in [0.717, 1.165) is 55.8 Å². The quantitative estimate of drug-likeness (QED) is 0.848. The predicted octanol–water partition coefficient (Wildman–Crippen LogP) is 3.35. The number of nitrogens with zero attached hydrogens (tertiary/aromatic N) is 5. The van der Waals surface area contributed by atoms with Gasteiger partial charge >= 0.3 is 0 Å². The first-order valence-electron chi connectivity index (χ1n) is 10.4. The van der Waals surface area contributed by atoms with E-state index in [2.05, 4.69) is 39.0 Å². The van der Waals surface area contributed by atoms with E-state index in [1.54, 1.807) is 0 Å². The summed E-state index contributed by atoms with van der Waals surface area (Å²) >= 11 is 0. The molecule has 0 unspecified atom stereocenters. The number of fused-ring (bicyclic) bond motifs is 1. The average molecular weight is 387 g/mol. The van der Waals surface area contributed by atoms with Gasteiger partial charge in [-0.2, -0.15) is 9.97 Å². The number of ether oxygens (including phenoxy) is 1. The summed E-state index contributed by atoms with van der Waals surface area (Å²) in [4.78, 5) is 28.5. The molecule has 0 aliphatic carbocycles. The first kappa shape index (κ1) is 19.1. The van der Waals surface area contributed by atoms with Crippen LogP contribution >= 0.6 is 0 Å². The fourth-order valence-electron chi connectivity index (χ4n) is 4.07. The standard InChI is InChI=1S/C20H30N6O2/c1-5-14-10-13(4)19(28-14)26-11-21-15-16(25-8-6-7-9-25)22-20(23-17(15)26)24-18(27)12(2)3/h11-14,19H,5-10H2,1-4H3,(H,22,23,24,27)/t13-,14+,19+/m0/s1. The molecular weight excluding hydrogens is 356 g/mol. The van der Waals surface area contributed by atoms with Gasteiger partial charge in [-0.05, 0) is 25.7 Å². The first-order chi connectivity index (χ1) is 13.5. The number of rotatable bonds is 5. The Labute approximate surface area is 165 Å². The molecule has 3 atom stereocenters. The van der Waals surface area contributed by atoms with Crippen LogP contribution in [-0.2, 0) is 9.53 Å². The highest BCUT2D eigenvalue weighted by molar-refractivity contribution is 5.92. The number of carbonyl (C=O) groups is 1. The molecule has 1 N–H and O–H groups in total. The van der Waals surface area contributed by atoms with Crippen molar-refractivity contribution in [1.29, 1.82) is 0 Å². The molecule has 0 saturated carbocycles. The van der Waals surface area contributed by atoms with E-state index in [1.165, 1.54) is 0 Å². The zero-order chi connectivity index (χ0) is 19.8. The number of carbonyl (C=O) groups excluding carboxylic acids is 1. The van der Waals surface area contributed by atoms with Crippen molar-refractivity contribution in [3.8, 4) is 0 Å². The Morgan fingerprint density at radius 3 is 2.71 bits per heavy atom. The highest BCUT2D eigenvalue weighted by atomic mass is 16.5. The molecule has 2 aromatic heterocycles. The monoisotopic (exact) mass is 386 g/mol. The Morgan fingerprint density at radius 1 is 1.32 bits per heavy atom.